The highest BCUT2D eigenvalue weighted by Crippen LogP contribution is 2.43. The minimum absolute atomic E-state index is 0.120. The minimum Gasteiger partial charge on any atom is -0.259 e. The summed E-state index contributed by atoms with van der Waals surface area (Å²) in [5.74, 6) is 2.43. The highest BCUT2D eigenvalue weighted by Gasteiger charge is 2.25. The van der Waals surface area contributed by atoms with Crippen molar-refractivity contribution in [1.82, 2.24) is 0 Å². The molecule has 0 unspecified atom stereocenters. The Morgan fingerprint density at radius 3 is 1.45 bits per heavy atom. The zero-order valence-corrected chi connectivity index (χ0v) is 24.0. The summed E-state index contributed by atoms with van der Waals surface area (Å²) in [4.78, 5) is 6.61. The second-order valence-electron chi connectivity index (χ2n) is 11.6. The molecule has 0 bridgehead atoms. The van der Waals surface area contributed by atoms with Gasteiger partial charge in [-0.15, -0.1) is 11.8 Å². The smallest absolute Gasteiger partial charge is 0.0695 e. The normalized spacial score (nSPS) is 13.0. The summed E-state index contributed by atoms with van der Waals surface area (Å²) < 4.78 is -0.120. The van der Waals surface area contributed by atoms with E-state index in [1.807, 2.05) is 11.8 Å². The molecule has 2 heteroatoms. The van der Waals surface area contributed by atoms with E-state index in [4.69, 9.17) is 4.99 Å². The van der Waals surface area contributed by atoms with Crippen molar-refractivity contribution >= 4 is 23.7 Å². The van der Waals surface area contributed by atoms with Crippen molar-refractivity contribution < 1.29 is 0 Å². The van der Waals surface area contributed by atoms with Crippen molar-refractivity contribution in [2.75, 3.05) is 0 Å². The van der Waals surface area contributed by atoms with Crippen LogP contribution < -0.4 is 0 Å². The quantitative estimate of drug-likeness (QED) is 0.265. The van der Waals surface area contributed by atoms with Gasteiger partial charge in [0.15, 0.2) is 0 Å². The van der Waals surface area contributed by atoms with Crippen LogP contribution in [0.4, 0.5) is 5.69 Å². The molecule has 0 aliphatic heterocycles. The SMILES string of the molecule is CC(C)c1cc(C(C)C)c(SC(C)(C)C=Nc2c(C(C)C)cccc2C(C)C)c(C(C)C)c1. The molecule has 0 radical (unpaired) electrons. The fourth-order valence-corrected chi connectivity index (χ4v) is 5.63. The number of hydrogen-bond donors (Lipinski definition) is 0. The third kappa shape index (κ3) is 6.98. The third-order valence-corrected chi connectivity index (χ3v) is 7.60. The van der Waals surface area contributed by atoms with Gasteiger partial charge in [-0.05, 0) is 71.3 Å². The van der Waals surface area contributed by atoms with Crippen molar-refractivity contribution in [3.63, 3.8) is 0 Å². The molecule has 1 nitrogen and oxygen atoms in total. The van der Waals surface area contributed by atoms with E-state index < -0.39 is 0 Å². The van der Waals surface area contributed by atoms with Crippen LogP contribution in [-0.4, -0.2) is 11.0 Å². The number of nitrogens with zero attached hydrogens (tertiary/aromatic N) is 1. The van der Waals surface area contributed by atoms with E-state index in [-0.39, 0.29) is 4.75 Å². The molecule has 182 valence electrons. The lowest BCUT2D eigenvalue weighted by Gasteiger charge is -2.27. The van der Waals surface area contributed by atoms with Crippen LogP contribution >= 0.6 is 11.8 Å². The number of hydrogen-bond acceptors (Lipinski definition) is 2. The van der Waals surface area contributed by atoms with Gasteiger partial charge in [0.05, 0.1) is 10.4 Å². The van der Waals surface area contributed by atoms with E-state index in [9.17, 15) is 0 Å². The molecule has 0 fully saturated rings. The molecule has 0 N–H and O–H groups in total. The van der Waals surface area contributed by atoms with Gasteiger partial charge in [0.2, 0.25) is 0 Å². The van der Waals surface area contributed by atoms with Crippen molar-refractivity contribution in [3.8, 4) is 0 Å². The molecule has 0 heterocycles. The van der Waals surface area contributed by atoms with Gasteiger partial charge in [0.25, 0.3) is 0 Å². The third-order valence-electron chi connectivity index (χ3n) is 6.29. The maximum Gasteiger partial charge on any atom is 0.0695 e. The Morgan fingerprint density at radius 2 is 1.09 bits per heavy atom. The van der Waals surface area contributed by atoms with Crippen LogP contribution in [0.5, 0.6) is 0 Å². The molecule has 0 aliphatic carbocycles. The van der Waals surface area contributed by atoms with E-state index in [0.717, 1.165) is 0 Å². The van der Waals surface area contributed by atoms with Gasteiger partial charge in [-0.2, -0.15) is 0 Å². The molecule has 0 saturated carbocycles. The van der Waals surface area contributed by atoms with Gasteiger partial charge in [-0.1, -0.05) is 99.6 Å². The fraction of sp³-hybridized carbons (Fsp3) is 0.581. The molecule has 33 heavy (non-hydrogen) atoms. The van der Waals surface area contributed by atoms with Gasteiger partial charge in [-0.25, -0.2) is 0 Å². The minimum atomic E-state index is -0.120. The van der Waals surface area contributed by atoms with Gasteiger partial charge in [0, 0.05) is 11.1 Å². The van der Waals surface area contributed by atoms with Gasteiger partial charge >= 0.3 is 0 Å². The van der Waals surface area contributed by atoms with E-state index in [1.165, 1.54) is 38.4 Å². The number of aliphatic imine (C=N–C) groups is 1. The monoisotopic (exact) mass is 465 g/mol. The lowest BCUT2D eigenvalue weighted by Crippen LogP contribution is -2.18. The molecule has 0 spiro atoms. The molecule has 0 aliphatic rings. The zero-order chi connectivity index (χ0) is 25.1. The Kier molecular flexibility index (Phi) is 9.45. The van der Waals surface area contributed by atoms with E-state index in [2.05, 4.69) is 120 Å². The molecule has 2 aromatic carbocycles. The van der Waals surface area contributed by atoms with Gasteiger partial charge in [0.1, 0.15) is 0 Å². The summed E-state index contributed by atoms with van der Waals surface area (Å²) in [6.45, 7) is 27.5. The Morgan fingerprint density at radius 1 is 0.667 bits per heavy atom. The van der Waals surface area contributed by atoms with Gasteiger partial charge < -0.3 is 0 Å². The number of benzene rings is 2. The molecule has 0 atom stereocenters. The molecule has 0 aromatic heterocycles. The predicted octanol–water partition coefficient (Wildman–Crippen LogP) is 10.6. The van der Waals surface area contributed by atoms with E-state index >= 15 is 0 Å². The standard InChI is InChI=1S/C31H47NS/c1-19(2)24-16-27(22(7)8)30(28(17-24)23(9)10)33-31(11,12)18-32-29-25(20(3)4)14-13-15-26(29)21(5)6/h13-23H,1-12H3. The summed E-state index contributed by atoms with van der Waals surface area (Å²) >= 11 is 1.97. The second kappa shape index (κ2) is 11.3. The van der Waals surface area contributed by atoms with E-state index in [0.29, 0.717) is 29.6 Å². The first-order valence-corrected chi connectivity index (χ1v) is 13.6. The molecular formula is C31H47NS. The van der Waals surface area contributed by atoms with E-state index in [1.54, 1.807) is 0 Å². The molecule has 0 amide bonds. The van der Waals surface area contributed by atoms with Crippen LogP contribution in [0.2, 0.25) is 0 Å². The predicted molar refractivity (Wildman–Crippen MR) is 151 cm³/mol. The average molecular weight is 466 g/mol. The second-order valence-corrected chi connectivity index (χ2v) is 13.2. The summed E-state index contributed by atoms with van der Waals surface area (Å²) in [7, 11) is 0. The summed E-state index contributed by atoms with van der Waals surface area (Å²) in [6.07, 6.45) is 2.19. The lowest BCUT2D eigenvalue weighted by molar-refractivity contribution is 0.769. The summed E-state index contributed by atoms with van der Waals surface area (Å²) in [5.41, 5.74) is 8.24. The summed E-state index contributed by atoms with van der Waals surface area (Å²) in [5, 5.41) is 0. The first-order valence-electron chi connectivity index (χ1n) is 12.8. The maximum atomic E-state index is 5.17. The van der Waals surface area contributed by atoms with Crippen LogP contribution in [0, 0.1) is 0 Å². The van der Waals surface area contributed by atoms with Crippen LogP contribution in [0.25, 0.3) is 0 Å². The highest BCUT2D eigenvalue weighted by atomic mass is 32.2. The van der Waals surface area contributed by atoms with Crippen molar-refractivity contribution in [2.24, 2.45) is 4.99 Å². The van der Waals surface area contributed by atoms with Crippen molar-refractivity contribution in [2.45, 2.75) is 122 Å². The first-order chi connectivity index (χ1) is 15.2. The Balaban J connectivity index is 2.56. The van der Waals surface area contributed by atoms with Crippen LogP contribution in [-0.2, 0) is 0 Å². The number of rotatable bonds is 9. The highest BCUT2D eigenvalue weighted by molar-refractivity contribution is 8.01. The van der Waals surface area contributed by atoms with Crippen molar-refractivity contribution in [3.05, 3.63) is 58.1 Å². The Labute approximate surface area is 208 Å². The number of thioether (sulfide) groups is 1. The summed E-state index contributed by atoms with van der Waals surface area (Å²) in [6, 6.07) is 11.6. The molecule has 2 rings (SSSR count). The topological polar surface area (TPSA) is 12.4 Å². The molecule has 0 saturated heterocycles. The first kappa shape index (κ1) is 27.7. The number of para-hydroxylation sites is 1. The molecular weight excluding hydrogens is 418 g/mol. The Hall–Kier alpha value is -1.54. The van der Waals surface area contributed by atoms with Crippen LogP contribution in [0.3, 0.4) is 0 Å². The van der Waals surface area contributed by atoms with Crippen molar-refractivity contribution in [1.29, 1.82) is 0 Å². The van der Waals surface area contributed by atoms with Crippen LogP contribution in [0.1, 0.15) is 140 Å². The van der Waals surface area contributed by atoms with Gasteiger partial charge in [-0.3, -0.25) is 4.99 Å². The average Bonchev–Trinajstić information content (AvgIpc) is 2.70. The van der Waals surface area contributed by atoms with Crippen LogP contribution in [0.15, 0.2) is 40.2 Å². The maximum absolute atomic E-state index is 5.17. The zero-order valence-electron chi connectivity index (χ0n) is 23.2. The largest absolute Gasteiger partial charge is 0.259 e. The lowest BCUT2D eigenvalue weighted by atomic mass is 9.89. The fourth-order valence-electron chi connectivity index (χ4n) is 4.18. The molecule has 2 aromatic rings. The Bertz CT molecular complexity index is 906.